The first kappa shape index (κ1) is 18.8. The molecule has 2 heterocycles. The van der Waals surface area contributed by atoms with Crippen molar-refractivity contribution < 1.29 is 4.79 Å². The molecule has 1 amide bonds. The number of halogens is 1. The van der Waals surface area contributed by atoms with Gasteiger partial charge >= 0.3 is 0 Å². The average Bonchev–Trinajstić information content (AvgIpc) is 3.34. The summed E-state index contributed by atoms with van der Waals surface area (Å²) in [6, 6.07) is 17.5. The lowest BCUT2D eigenvalue weighted by Gasteiger charge is -2.01. The number of aryl methyl sites for hydroxylation is 1. The van der Waals surface area contributed by atoms with E-state index in [9.17, 15) is 4.79 Å². The van der Waals surface area contributed by atoms with E-state index >= 15 is 0 Å². The smallest absolute Gasteiger partial charge is 0.271 e. The van der Waals surface area contributed by atoms with Crippen molar-refractivity contribution in [1.82, 2.24) is 15.3 Å². The van der Waals surface area contributed by atoms with Crippen LogP contribution in [0.2, 0.25) is 5.02 Å². The highest BCUT2D eigenvalue weighted by Gasteiger charge is 2.15. The van der Waals surface area contributed by atoms with Gasteiger partial charge in [-0.1, -0.05) is 60.1 Å². The summed E-state index contributed by atoms with van der Waals surface area (Å²) in [5, 5.41) is 7.08. The summed E-state index contributed by atoms with van der Waals surface area (Å²) in [6.07, 6.45) is 0. The van der Waals surface area contributed by atoms with Gasteiger partial charge < -0.3 is 5.32 Å². The van der Waals surface area contributed by atoms with Crippen LogP contribution < -0.4 is 5.32 Å². The molecule has 0 spiro atoms. The predicted molar refractivity (Wildman–Crippen MR) is 116 cm³/mol. The lowest BCUT2D eigenvalue weighted by molar-refractivity contribution is 0.0947. The number of carbonyl (C=O) groups is 1. The number of hydrogen-bond donors (Lipinski definition) is 1. The number of benzene rings is 2. The zero-order valence-corrected chi connectivity index (χ0v) is 17.4. The summed E-state index contributed by atoms with van der Waals surface area (Å²) in [6.45, 7) is 2.35. The summed E-state index contributed by atoms with van der Waals surface area (Å²) >= 11 is 9.27. The van der Waals surface area contributed by atoms with Gasteiger partial charge in [-0.3, -0.25) is 4.79 Å². The van der Waals surface area contributed by atoms with Crippen molar-refractivity contribution in [3.05, 3.63) is 81.3 Å². The Morgan fingerprint density at radius 2 is 1.79 bits per heavy atom. The third-order valence-electron chi connectivity index (χ3n) is 4.16. The van der Waals surface area contributed by atoms with Gasteiger partial charge in [-0.25, -0.2) is 9.97 Å². The summed E-state index contributed by atoms with van der Waals surface area (Å²) < 4.78 is 0. The van der Waals surface area contributed by atoms with Crippen LogP contribution in [0.5, 0.6) is 0 Å². The Hall–Kier alpha value is -2.54. The fourth-order valence-corrected chi connectivity index (χ4v) is 4.81. The number of carbonyl (C=O) groups excluding carboxylic acids is 1. The molecule has 0 aliphatic carbocycles. The number of rotatable bonds is 5. The van der Waals surface area contributed by atoms with Crippen LogP contribution in [-0.2, 0) is 6.54 Å². The fraction of sp³-hybridized carbons (Fsp3) is 0.0952. The van der Waals surface area contributed by atoms with E-state index < -0.39 is 0 Å². The molecule has 28 heavy (non-hydrogen) atoms. The van der Waals surface area contributed by atoms with Gasteiger partial charge in [0.25, 0.3) is 5.91 Å². The fourth-order valence-electron chi connectivity index (χ4n) is 2.68. The van der Waals surface area contributed by atoms with Crippen LogP contribution in [0, 0.1) is 6.92 Å². The lowest BCUT2D eigenvalue weighted by atomic mass is 10.2. The number of nitrogens with one attached hydrogen (secondary N) is 1. The largest absolute Gasteiger partial charge is 0.346 e. The zero-order chi connectivity index (χ0) is 19.5. The highest BCUT2D eigenvalue weighted by atomic mass is 35.5. The third kappa shape index (κ3) is 3.99. The Kier molecular flexibility index (Phi) is 5.52. The molecular formula is C21H16ClN3OS2. The van der Waals surface area contributed by atoms with Crippen molar-refractivity contribution in [2.45, 2.75) is 13.5 Å². The minimum atomic E-state index is -0.189. The van der Waals surface area contributed by atoms with Gasteiger partial charge in [0, 0.05) is 21.4 Å². The second kappa shape index (κ2) is 8.22. The SMILES string of the molecule is Cc1nc(-c2ccccc2Cl)sc1CNC(=O)c1csc(-c2ccccc2)n1. The first-order valence-electron chi connectivity index (χ1n) is 8.62. The minimum absolute atomic E-state index is 0.189. The second-order valence-corrected chi connectivity index (χ2v) is 8.44. The van der Waals surface area contributed by atoms with E-state index in [2.05, 4.69) is 15.3 Å². The van der Waals surface area contributed by atoms with E-state index in [4.69, 9.17) is 11.6 Å². The maximum atomic E-state index is 12.5. The van der Waals surface area contributed by atoms with Crippen LogP contribution >= 0.6 is 34.3 Å². The highest BCUT2D eigenvalue weighted by Crippen LogP contribution is 2.32. The van der Waals surface area contributed by atoms with Gasteiger partial charge in [-0.15, -0.1) is 22.7 Å². The van der Waals surface area contributed by atoms with Crippen LogP contribution in [0.15, 0.2) is 60.0 Å². The van der Waals surface area contributed by atoms with Gasteiger partial charge in [0.2, 0.25) is 0 Å². The molecule has 2 aromatic carbocycles. The van der Waals surface area contributed by atoms with E-state index in [-0.39, 0.29) is 5.91 Å². The molecule has 4 aromatic rings. The first-order valence-corrected chi connectivity index (χ1v) is 10.7. The van der Waals surface area contributed by atoms with Crippen molar-refractivity contribution in [2.75, 3.05) is 0 Å². The van der Waals surface area contributed by atoms with Gasteiger partial charge in [-0.2, -0.15) is 0 Å². The van der Waals surface area contributed by atoms with E-state index in [0.29, 0.717) is 17.3 Å². The molecule has 4 rings (SSSR count). The standard InChI is InChI=1S/C21H16ClN3OS2/c1-13-18(28-21(24-13)15-9-5-6-10-16(15)22)11-23-19(26)17-12-27-20(25-17)14-7-3-2-4-8-14/h2-10,12H,11H2,1H3,(H,23,26). The van der Waals surface area contributed by atoms with Crippen LogP contribution in [0.4, 0.5) is 0 Å². The van der Waals surface area contributed by atoms with Crippen LogP contribution in [0.25, 0.3) is 21.1 Å². The maximum Gasteiger partial charge on any atom is 0.271 e. The highest BCUT2D eigenvalue weighted by molar-refractivity contribution is 7.15. The van der Waals surface area contributed by atoms with Crippen molar-refractivity contribution in [1.29, 1.82) is 0 Å². The molecule has 0 atom stereocenters. The summed E-state index contributed by atoms with van der Waals surface area (Å²) in [5.41, 5.74) is 3.23. The van der Waals surface area contributed by atoms with Crippen molar-refractivity contribution >= 4 is 40.2 Å². The molecule has 0 aliphatic rings. The molecule has 2 aromatic heterocycles. The monoisotopic (exact) mass is 425 g/mol. The molecule has 0 fully saturated rings. The van der Waals surface area contributed by atoms with Gasteiger partial charge in [0.05, 0.1) is 17.3 Å². The quantitative estimate of drug-likeness (QED) is 0.438. The number of hydrogen-bond acceptors (Lipinski definition) is 5. The number of nitrogens with zero attached hydrogens (tertiary/aromatic N) is 2. The Morgan fingerprint density at radius 1 is 1.04 bits per heavy atom. The van der Waals surface area contributed by atoms with E-state index in [1.807, 2.05) is 61.5 Å². The maximum absolute atomic E-state index is 12.5. The summed E-state index contributed by atoms with van der Waals surface area (Å²) in [4.78, 5) is 22.6. The molecule has 4 nitrogen and oxygen atoms in total. The molecule has 0 saturated heterocycles. The summed E-state index contributed by atoms with van der Waals surface area (Å²) in [5.74, 6) is -0.189. The second-order valence-electron chi connectivity index (χ2n) is 6.09. The zero-order valence-electron chi connectivity index (χ0n) is 15.0. The molecule has 140 valence electrons. The number of thiazole rings is 2. The minimum Gasteiger partial charge on any atom is -0.346 e. The molecule has 0 aliphatic heterocycles. The van der Waals surface area contributed by atoms with Gasteiger partial charge in [0.15, 0.2) is 0 Å². The summed E-state index contributed by atoms with van der Waals surface area (Å²) in [7, 11) is 0. The molecule has 0 radical (unpaired) electrons. The van der Waals surface area contributed by atoms with Crippen LogP contribution in [-0.4, -0.2) is 15.9 Å². The van der Waals surface area contributed by atoms with Crippen molar-refractivity contribution in [3.63, 3.8) is 0 Å². The Bertz CT molecular complexity index is 1120. The number of amides is 1. The van der Waals surface area contributed by atoms with Crippen LogP contribution in [0.3, 0.4) is 0 Å². The van der Waals surface area contributed by atoms with Crippen molar-refractivity contribution in [2.24, 2.45) is 0 Å². The third-order valence-corrected chi connectivity index (χ3v) is 6.58. The van der Waals surface area contributed by atoms with E-state index in [1.54, 1.807) is 5.38 Å². The Labute approximate surface area is 175 Å². The predicted octanol–water partition coefficient (Wildman–Crippen LogP) is 5.83. The molecule has 0 unspecified atom stereocenters. The molecular weight excluding hydrogens is 410 g/mol. The Balaban J connectivity index is 1.46. The Morgan fingerprint density at radius 3 is 2.57 bits per heavy atom. The molecule has 1 N–H and O–H groups in total. The van der Waals surface area contributed by atoms with Crippen molar-refractivity contribution in [3.8, 4) is 21.1 Å². The van der Waals surface area contributed by atoms with E-state index in [0.717, 1.165) is 31.7 Å². The normalized spacial score (nSPS) is 10.8. The van der Waals surface area contributed by atoms with Gasteiger partial charge in [0.1, 0.15) is 15.7 Å². The van der Waals surface area contributed by atoms with E-state index in [1.165, 1.54) is 22.7 Å². The lowest BCUT2D eigenvalue weighted by Crippen LogP contribution is -2.22. The molecule has 0 saturated carbocycles. The first-order chi connectivity index (χ1) is 13.6. The molecule has 7 heteroatoms. The topological polar surface area (TPSA) is 54.9 Å². The average molecular weight is 426 g/mol. The van der Waals surface area contributed by atoms with Gasteiger partial charge in [-0.05, 0) is 13.0 Å². The van der Waals surface area contributed by atoms with Crippen LogP contribution in [0.1, 0.15) is 21.1 Å². The number of aromatic nitrogens is 2. The molecule has 0 bridgehead atoms.